The fraction of sp³-hybridized carbons (Fsp3) is 0.316. The third kappa shape index (κ3) is 4.35. The Kier molecular flexibility index (Phi) is 5.21. The number of carbonyl (C=O) groups is 1. The Morgan fingerprint density at radius 2 is 1.68 bits per heavy atom. The van der Waals surface area contributed by atoms with Crippen molar-refractivity contribution in [2.24, 2.45) is 0 Å². The fourth-order valence-corrected chi connectivity index (χ4v) is 2.33. The van der Waals surface area contributed by atoms with Gasteiger partial charge in [0.2, 0.25) is 0 Å². The fourth-order valence-electron chi connectivity index (χ4n) is 2.33. The average Bonchev–Trinajstić information content (AvgIpc) is 2.47. The van der Waals surface area contributed by atoms with Gasteiger partial charge in [-0.05, 0) is 44.9 Å². The minimum atomic E-state index is -0.118. The molecule has 0 aliphatic rings. The zero-order valence-electron chi connectivity index (χ0n) is 13.6. The van der Waals surface area contributed by atoms with Crippen molar-refractivity contribution in [1.82, 2.24) is 5.32 Å². The van der Waals surface area contributed by atoms with Gasteiger partial charge in [-0.1, -0.05) is 47.5 Å². The maximum atomic E-state index is 12.0. The number of ether oxygens (including phenoxy) is 1. The van der Waals surface area contributed by atoms with Gasteiger partial charge in [-0.2, -0.15) is 0 Å². The third-order valence-electron chi connectivity index (χ3n) is 3.64. The van der Waals surface area contributed by atoms with Gasteiger partial charge < -0.3 is 10.1 Å². The summed E-state index contributed by atoms with van der Waals surface area (Å²) in [6, 6.07) is 14.1. The lowest BCUT2D eigenvalue weighted by Crippen LogP contribution is -2.31. The summed E-state index contributed by atoms with van der Waals surface area (Å²) in [6.07, 6.45) is 0. The van der Waals surface area contributed by atoms with E-state index in [0.717, 1.165) is 16.9 Å². The SMILES string of the molecule is Cc1ccc([C@H](C)NC(=O)COc2ccc(C)cc2C)cc1. The predicted molar refractivity (Wildman–Crippen MR) is 89.1 cm³/mol. The lowest BCUT2D eigenvalue weighted by atomic mass is 10.1. The van der Waals surface area contributed by atoms with E-state index in [1.54, 1.807) is 0 Å². The van der Waals surface area contributed by atoms with E-state index < -0.39 is 0 Å². The molecule has 3 nitrogen and oxygen atoms in total. The van der Waals surface area contributed by atoms with Crippen molar-refractivity contribution in [3.8, 4) is 5.75 Å². The average molecular weight is 297 g/mol. The molecule has 2 aromatic rings. The van der Waals surface area contributed by atoms with Gasteiger partial charge >= 0.3 is 0 Å². The molecule has 0 aromatic heterocycles. The van der Waals surface area contributed by atoms with Gasteiger partial charge in [0, 0.05) is 0 Å². The van der Waals surface area contributed by atoms with E-state index in [1.807, 2.05) is 70.2 Å². The van der Waals surface area contributed by atoms with Crippen LogP contribution in [0.1, 0.15) is 35.2 Å². The largest absolute Gasteiger partial charge is 0.484 e. The van der Waals surface area contributed by atoms with Crippen molar-refractivity contribution in [3.63, 3.8) is 0 Å². The maximum Gasteiger partial charge on any atom is 0.258 e. The Morgan fingerprint density at radius 3 is 2.32 bits per heavy atom. The van der Waals surface area contributed by atoms with E-state index in [0.29, 0.717) is 0 Å². The first-order valence-electron chi connectivity index (χ1n) is 7.51. The van der Waals surface area contributed by atoms with Gasteiger partial charge in [-0.15, -0.1) is 0 Å². The number of carbonyl (C=O) groups excluding carboxylic acids is 1. The van der Waals surface area contributed by atoms with E-state index in [9.17, 15) is 4.79 Å². The molecule has 3 heteroatoms. The molecule has 22 heavy (non-hydrogen) atoms. The van der Waals surface area contributed by atoms with Crippen LogP contribution >= 0.6 is 0 Å². The van der Waals surface area contributed by atoms with Crippen molar-refractivity contribution >= 4 is 5.91 Å². The number of aryl methyl sites for hydroxylation is 3. The van der Waals surface area contributed by atoms with Crippen molar-refractivity contribution in [2.75, 3.05) is 6.61 Å². The minimum Gasteiger partial charge on any atom is -0.484 e. The van der Waals surface area contributed by atoms with E-state index in [4.69, 9.17) is 4.74 Å². The molecule has 0 fully saturated rings. The second-order valence-electron chi connectivity index (χ2n) is 5.76. The summed E-state index contributed by atoms with van der Waals surface area (Å²) in [5.74, 6) is 0.636. The molecule has 1 amide bonds. The Balaban J connectivity index is 1.88. The van der Waals surface area contributed by atoms with E-state index in [2.05, 4.69) is 5.32 Å². The smallest absolute Gasteiger partial charge is 0.258 e. The van der Waals surface area contributed by atoms with Gasteiger partial charge in [-0.3, -0.25) is 4.79 Å². The molecular weight excluding hydrogens is 274 g/mol. The summed E-state index contributed by atoms with van der Waals surface area (Å²) < 4.78 is 5.60. The second-order valence-corrected chi connectivity index (χ2v) is 5.76. The highest BCUT2D eigenvalue weighted by Gasteiger charge is 2.10. The number of rotatable bonds is 5. The highest BCUT2D eigenvalue weighted by atomic mass is 16.5. The van der Waals surface area contributed by atoms with Crippen LogP contribution in [0.15, 0.2) is 42.5 Å². The first kappa shape index (κ1) is 16.1. The summed E-state index contributed by atoms with van der Waals surface area (Å²) in [5.41, 5.74) is 4.52. The van der Waals surface area contributed by atoms with Crippen LogP contribution in [-0.4, -0.2) is 12.5 Å². The van der Waals surface area contributed by atoms with Crippen LogP contribution in [0, 0.1) is 20.8 Å². The number of benzene rings is 2. The van der Waals surface area contributed by atoms with Crippen LogP contribution in [0.2, 0.25) is 0 Å². The number of hydrogen-bond donors (Lipinski definition) is 1. The summed E-state index contributed by atoms with van der Waals surface area (Å²) in [7, 11) is 0. The highest BCUT2D eigenvalue weighted by Crippen LogP contribution is 2.18. The van der Waals surface area contributed by atoms with Crippen LogP contribution in [0.25, 0.3) is 0 Å². The Morgan fingerprint density at radius 1 is 1.05 bits per heavy atom. The second kappa shape index (κ2) is 7.12. The zero-order chi connectivity index (χ0) is 16.1. The van der Waals surface area contributed by atoms with Gasteiger partial charge in [-0.25, -0.2) is 0 Å². The van der Waals surface area contributed by atoms with Gasteiger partial charge in [0.05, 0.1) is 6.04 Å². The molecule has 1 atom stereocenters. The Bertz CT molecular complexity index is 647. The zero-order valence-corrected chi connectivity index (χ0v) is 13.6. The van der Waals surface area contributed by atoms with E-state index >= 15 is 0 Å². The van der Waals surface area contributed by atoms with Crippen molar-refractivity contribution in [2.45, 2.75) is 33.7 Å². The Labute approximate surface area is 132 Å². The summed E-state index contributed by atoms with van der Waals surface area (Å²) >= 11 is 0. The van der Waals surface area contributed by atoms with E-state index in [-0.39, 0.29) is 18.6 Å². The lowest BCUT2D eigenvalue weighted by molar-refractivity contribution is -0.123. The van der Waals surface area contributed by atoms with Crippen LogP contribution in [0.3, 0.4) is 0 Å². The van der Waals surface area contributed by atoms with E-state index in [1.165, 1.54) is 11.1 Å². The number of nitrogens with one attached hydrogen (secondary N) is 1. The summed E-state index contributed by atoms with van der Waals surface area (Å²) in [6.45, 7) is 8.06. The maximum absolute atomic E-state index is 12.0. The molecule has 0 aliphatic heterocycles. The quantitative estimate of drug-likeness (QED) is 0.910. The first-order valence-corrected chi connectivity index (χ1v) is 7.51. The monoisotopic (exact) mass is 297 g/mol. The molecule has 0 aliphatic carbocycles. The van der Waals surface area contributed by atoms with Crippen LogP contribution in [0.4, 0.5) is 0 Å². The predicted octanol–water partition coefficient (Wildman–Crippen LogP) is 3.87. The number of hydrogen-bond acceptors (Lipinski definition) is 2. The minimum absolute atomic E-state index is 0.0279. The highest BCUT2D eigenvalue weighted by molar-refractivity contribution is 5.78. The van der Waals surface area contributed by atoms with Gasteiger partial charge in [0.1, 0.15) is 5.75 Å². The molecule has 1 N–H and O–H groups in total. The molecule has 0 saturated carbocycles. The van der Waals surface area contributed by atoms with Crippen LogP contribution in [0.5, 0.6) is 5.75 Å². The Hall–Kier alpha value is -2.29. The van der Waals surface area contributed by atoms with Gasteiger partial charge in [0.25, 0.3) is 5.91 Å². The molecule has 2 rings (SSSR count). The third-order valence-corrected chi connectivity index (χ3v) is 3.64. The van der Waals surface area contributed by atoms with Crippen molar-refractivity contribution < 1.29 is 9.53 Å². The van der Waals surface area contributed by atoms with Crippen LogP contribution in [-0.2, 0) is 4.79 Å². The lowest BCUT2D eigenvalue weighted by Gasteiger charge is -2.15. The topological polar surface area (TPSA) is 38.3 Å². The van der Waals surface area contributed by atoms with Crippen molar-refractivity contribution in [1.29, 1.82) is 0 Å². The summed E-state index contributed by atoms with van der Waals surface area (Å²) in [4.78, 5) is 12.0. The molecule has 0 unspecified atom stereocenters. The molecule has 2 aromatic carbocycles. The standard InChI is InChI=1S/C19H23NO2/c1-13-5-8-17(9-6-13)16(4)20-19(21)12-22-18-10-7-14(2)11-15(18)3/h5-11,16H,12H2,1-4H3,(H,20,21)/t16-/m0/s1. The first-order chi connectivity index (χ1) is 10.5. The number of amides is 1. The molecular formula is C19H23NO2. The molecule has 116 valence electrons. The normalized spacial score (nSPS) is 11.8. The van der Waals surface area contributed by atoms with Crippen LogP contribution < -0.4 is 10.1 Å². The van der Waals surface area contributed by atoms with Gasteiger partial charge in [0.15, 0.2) is 6.61 Å². The molecule has 0 saturated heterocycles. The molecule has 0 spiro atoms. The molecule has 0 heterocycles. The van der Waals surface area contributed by atoms with Crippen molar-refractivity contribution in [3.05, 3.63) is 64.7 Å². The summed E-state index contributed by atoms with van der Waals surface area (Å²) in [5, 5.41) is 2.95. The molecule has 0 radical (unpaired) electrons. The molecule has 0 bridgehead atoms.